The van der Waals surface area contributed by atoms with Crippen LogP contribution < -0.4 is 28.4 Å². The molecule has 0 spiro atoms. The van der Waals surface area contributed by atoms with E-state index in [-0.39, 0.29) is 12.5 Å². The summed E-state index contributed by atoms with van der Waals surface area (Å²) in [6.45, 7) is 8.68. The predicted molar refractivity (Wildman–Crippen MR) is 209 cm³/mol. The SMILES string of the molecule is C=CC[C@H](C(=O)N1CC=CC[C@H]1C(=O)O[C@H](CCc1ccc(OC)c(OC)c1)c1cccc(OCCN2CCOCC2)c1)c1cc(OC)c(OC)c(OC)c1. The van der Waals surface area contributed by atoms with E-state index in [4.69, 9.17) is 37.9 Å². The largest absolute Gasteiger partial charge is 0.493 e. The molecule has 2 aliphatic heterocycles. The van der Waals surface area contributed by atoms with Gasteiger partial charge in [0.15, 0.2) is 23.0 Å². The molecular weight excluding hydrogens is 704 g/mol. The number of allylic oxidation sites excluding steroid dienone is 1. The van der Waals surface area contributed by atoms with Crippen molar-refractivity contribution in [2.75, 3.05) is 81.5 Å². The molecule has 2 heterocycles. The molecule has 12 heteroatoms. The number of carbonyl (C=O) groups excluding carboxylic acids is 2. The van der Waals surface area contributed by atoms with Crippen LogP contribution in [0.5, 0.6) is 34.5 Å². The number of hydrogen-bond acceptors (Lipinski definition) is 11. The summed E-state index contributed by atoms with van der Waals surface area (Å²) in [4.78, 5) is 32.7. The average Bonchev–Trinajstić information content (AvgIpc) is 3.23. The van der Waals surface area contributed by atoms with Crippen molar-refractivity contribution in [1.82, 2.24) is 9.80 Å². The van der Waals surface area contributed by atoms with Crippen LogP contribution in [-0.2, 0) is 25.5 Å². The molecule has 3 aromatic carbocycles. The van der Waals surface area contributed by atoms with E-state index in [0.29, 0.717) is 72.4 Å². The summed E-state index contributed by atoms with van der Waals surface area (Å²) in [6.07, 6.45) is 6.56. The molecule has 1 fully saturated rings. The third kappa shape index (κ3) is 10.5. The quantitative estimate of drug-likeness (QED) is 0.103. The van der Waals surface area contributed by atoms with Gasteiger partial charge < -0.3 is 42.8 Å². The van der Waals surface area contributed by atoms with Gasteiger partial charge in [0, 0.05) is 26.2 Å². The maximum absolute atomic E-state index is 14.5. The fraction of sp³-hybridized carbons (Fsp3) is 0.442. The number of benzene rings is 3. The van der Waals surface area contributed by atoms with E-state index in [0.717, 1.165) is 44.0 Å². The molecule has 0 aliphatic carbocycles. The van der Waals surface area contributed by atoms with E-state index in [1.54, 1.807) is 37.3 Å². The summed E-state index contributed by atoms with van der Waals surface area (Å²) in [7, 11) is 7.79. The zero-order valence-corrected chi connectivity index (χ0v) is 32.6. The van der Waals surface area contributed by atoms with Gasteiger partial charge in [-0.3, -0.25) is 9.69 Å². The lowest BCUT2D eigenvalue weighted by Gasteiger charge is -2.35. The molecule has 3 aromatic rings. The summed E-state index contributed by atoms with van der Waals surface area (Å²) in [5, 5.41) is 0. The van der Waals surface area contributed by atoms with Crippen molar-refractivity contribution >= 4 is 11.9 Å². The molecule has 1 saturated heterocycles. The predicted octanol–water partition coefficient (Wildman–Crippen LogP) is 6.17. The van der Waals surface area contributed by atoms with Gasteiger partial charge in [-0.25, -0.2) is 4.79 Å². The minimum atomic E-state index is -0.844. The zero-order valence-electron chi connectivity index (χ0n) is 32.6. The highest BCUT2D eigenvalue weighted by Gasteiger charge is 2.37. The van der Waals surface area contributed by atoms with Crippen molar-refractivity contribution in [2.24, 2.45) is 0 Å². The standard InChI is InChI=1S/C43H54N2O10/c1-7-11-34(32-28-39(50-4)41(52-6)40(29-32)51-5)42(46)45-19-9-8-14-35(45)43(47)55-36(17-15-30-16-18-37(48-2)38(26-30)49-3)31-12-10-13-33(27-31)54-25-22-44-20-23-53-24-21-44/h7-10,12-13,16,18,26-29,34-36H,1,11,14-15,17,19-25H2,2-6H3/t34-,35-,36+/m0/s1. The Labute approximate surface area is 324 Å². The monoisotopic (exact) mass is 758 g/mol. The summed E-state index contributed by atoms with van der Waals surface area (Å²) in [6, 6.07) is 16.1. The minimum Gasteiger partial charge on any atom is -0.493 e. The van der Waals surface area contributed by atoms with Gasteiger partial charge >= 0.3 is 5.97 Å². The molecule has 0 bridgehead atoms. The number of hydrogen-bond donors (Lipinski definition) is 0. The summed E-state index contributed by atoms with van der Waals surface area (Å²) >= 11 is 0. The van der Waals surface area contributed by atoms with Gasteiger partial charge in [0.1, 0.15) is 24.5 Å². The molecule has 0 radical (unpaired) electrons. The fourth-order valence-electron chi connectivity index (χ4n) is 6.95. The van der Waals surface area contributed by atoms with E-state index in [1.165, 1.54) is 21.3 Å². The van der Waals surface area contributed by atoms with Crippen LogP contribution in [0.1, 0.15) is 48.0 Å². The molecule has 3 atom stereocenters. The highest BCUT2D eigenvalue weighted by molar-refractivity contribution is 5.90. The molecule has 0 N–H and O–H groups in total. The molecule has 12 nitrogen and oxygen atoms in total. The molecule has 296 valence electrons. The third-order valence-corrected chi connectivity index (χ3v) is 9.96. The van der Waals surface area contributed by atoms with Crippen LogP contribution in [-0.4, -0.2) is 109 Å². The van der Waals surface area contributed by atoms with E-state index >= 15 is 0 Å². The van der Waals surface area contributed by atoms with Gasteiger partial charge in [0.25, 0.3) is 0 Å². The van der Waals surface area contributed by atoms with Crippen LogP contribution in [0.4, 0.5) is 0 Å². The average molecular weight is 759 g/mol. The summed E-state index contributed by atoms with van der Waals surface area (Å²) in [5.74, 6) is 1.82. The molecular formula is C43H54N2O10. The van der Waals surface area contributed by atoms with Crippen LogP contribution in [0.25, 0.3) is 0 Å². The van der Waals surface area contributed by atoms with Crippen LogP contribution in [0.2, 0.25) is 0 Å². The minimum absolute atomic E-state index is 0.238. The maximum atomic E-state index is 14.5. The zero-order chi connectivity index (χ0) is 39.2. The number of morpholine rings is 1. The summed E-state index contributed by atoms with van der Waals surface area (Å²) in [5.41, 5.74) is 2.44. The lowest BCUT2D eigenvalue weighted by molar-refractivity contribution is -0.160. The van der Waals surface area contributed by atoms with Gasteiger partial charge in [-0.2, -0.15) is 0 Å². The van der Waals surface area contributed by atoms with E-state index < -0.39 is 24.0 Å². The van der Waals surface area contributed by atoms with Crippen molar-refractivity contribution in [3.8, 4) is 34.5 Å². The second-order valence-corrected chi connectivity index (χ2v) is 13.3. The molecule has 1 amide bonds. The van der Waals surface area contributed by atoms with Crippen molar-refractivity contribution in [3.05, 3.63) is 96.1 Å². The number of aryl methyl sites for hydroxylation is 1. The van der Waals surface area contributed by atoms with Crippen LogP contribution in [0.15, 0.2) is 79.4 Å². The van der Waals surface area contributed by atoms with Crippen LogP contribution in [0, 0.1) is 0 Å². The Morgan fingerprint density at radius 2 is 1.58 bits per heavy atom. The Kier molecular flexibility index (Phi) is 15.3. The molecule has 0 unspecified atom stereocenters. The first-order chi connectivity index (χ1) is 26.8. The van der Waals surface area contributed by atoms with E-state index in [1.807, 2.05) is 54.6 Å². The number of methoxy groups -OCH3 is 5. The van der Waals surface area contributed by atoms with Crippen molar-refractivity contribution in [1.29, 1.82) is 0 Å². The number of ether oxygens (including phenoxy) is 8. The van der Waals surface area contributed by atoms with E-state index in [9.17, 15) is 9.59 Å². The Morgan fingerprint density at radius 3 is 2.25 bits per heavy atom. The topological polar surface area (TPSA) is 114 Å². The van der Waals surface area contributed by atoms with Gasteiger partial charge in [-0.1, -0.05) is 36.4 Å². The molecule has 0 saturated carbocycles. The fourth-order valence-corrected chi connectivity index (χ4v) is 6.95. The number of rotatable bonds is 19. The van der Waals surface area contributed by atoms with Gasteiger partial charge in [-0.15, -0.1) is 6.58 Å². The number of esters is 1. The Hall–Kier alpha value is -5.20. The number of carbonyl (C=O) groups is 2. The Morgan fingerprint density at radius 1 is 0.855 bits per heavy atom. The van der Waals surface area contributed by atoms with Crippen molar-refractivity contribution in [3.63, 3.8) is 0 Å². The van der Waals surface area contributed by atoms with Gasteiger partial charge in [0.2, 0.25) is 11.7 Å². The Bertz CT molecular complexity index is 1750. The lowest BCUT2D eigenvalue weighted by Crippen LogP contribution is -2.49. The summed E-state index contributed by atoms with van der Waals surface area (Å²) < 4.78 is 45.7. The smallest absolute Gasteiger partial charge is 0.329 e. The number of nitrogens with zero attached hydrogens (tertiary/aromatic N) is 2. The highest BCUT2D eigenvalue weighted by Crippen LogP contribution is 2.41. The first-order valence-electron chi connectivity index (χ1n) is 18.6. The molecule has 0 aromatic heterocycles. The van der Waals surface area contributed by atoms with Crippen molar-refractivity contribution in [2.45, 2.75) is 43.7 Å². The normalized spacial score (nSPS) is 16.7. The first-order valence-corrected chi connectivity index (χ1v) is 18.6. The van der Waals surface area contributed by atoms with Crippen LogP contribution in [0.3, 0.4) is 0 Å². The second-order valence-electron chi connectivity index (χ2n) is 13.3. The molecule has 5 rings (SSSR count). The Balaban J connectivity index is 1.39. The lowest BCUT2D eigenvalue weighted by atomic mass is 9.92. The third-order valence-electron chi connectivity index (χ3n) is 9.96. The number of amides is 1. The van der Waals surface area contributed by atoms with Gasteiger partial charge in [-0.05, 0) is 78.8 Å². The second kappa shape index (κ2) is 20.5. The highest BCUT2D eigenvalue weighted by atomic mass is 16.5. The van der Waals surface area contributed by atoms with Gasteiger partial charge in [0.05, 0.1) is 54.7 Å². The van der Waals surface area contributed by atoms with Crippen LogP contribution >= 0.6 is 0 Å². The van der Waals surface area contributed by atoms with E-state index in [2.05, 4.69) is 11.5 Å². The van der Waals surface area contributed by atoms with Crippen molar-refractivity contribution < 1.29 is 47.5 Å². The molecule has 2 aliphatic rings. The first kappa shape index (κ1) is 41.0. The molecule has 55 heavy (non-hydrogen) atoms. The maximum Gasteiger partial charge on any atom is 0.329 e.